The number of hydrogen-bond acceptors (Lipinski definition) is 3. The van der Waals surface area contributed by atoms with Crippen LogP contribution in [0, 0.1) is 6.92 Å². The van der Waals surface area contributed by atoms with Gasteiger partial charge >= 0.3 is 0 Å². The Labute approximate surface area is 96.8 Å². The lowest BCUT2D eigenvalue weighted by Gasteiger charge is -2.18. The van der Waals surface area contributed by atoms with Gasteiger partial charge in [-0.25, -0.2) is 0 Å². The first-order valence-electron chi connectivity index (χ1n) is 6.11. The third kappa shape index (κ3) is 2.44. The van der Waals surface area contributed by atoms with Gasteiger partial charge in [-0.05, 0) is 32.8 Å². The second-order valence-corrected chi connectivity index (χ2v) is 4.51. The topological polar surface area (TPSA) is 53.1 Å². The fourth-order valence-corrected chi connectivity index (χ4v) is 2.35. The number of ether oxygens (including phenoxy) is 1. The van der Waals surface area contributed by atoms with Gasteiger partial charge in [0.05, 0.1) is 11.8 Å². The van der Waals surface area contributed by atoms with Crippen LogP contribution in [-0.2, 0) is 17.7 Å². The Hall–Kier alpha value is -0.870. The maximum atomic E-state index is 6.18. The predicted molar refractivity (Wildman–Crippen MR) is 63.3 cm³/mol. The van der Waals surface area contributed by atoms with Crippen molar-refractivity contribution in [1.82, 2.24) is 9.78 Å². The van der Waals surface area contributed by atoms with E-state index < -0.39 is 0 Å². The highest BCUT2D eigenvalue weighted by Crippen LogP contribution is 2.17. The minimum absolute atomic E-state index is 0.101. The second-order valence-electron chi connectivity index (χ2n) is 4.51. The molecule has 1 aliphatic heterocycles. The van der Waals surface area contributed by atoms with Crippen molar-refractivity contribution in [3.63, 3.8) is 0 Å². The lowest BCUT2D eigenvalue weighted by atomic mass is 10.0. The molecule has 16 heavy (non-hydrogen) atoms. The van der Waals surface area contributed by atoms with Crippen LogP contribution >= 0.6 is 0 Å². The molecule has 0 spiro atoms. The smallest absolute Gasteiger partial charge is 0.0730 e. The maximum absolute atomic E-state index is 6.18. The molecule has 2 atom stereocenters. The molecule has 4 heteroatoms. The molecule has 1 saturated heterocycles. The van der Waals surface area contributed by atoms with Crippen molar-refractivity contribution in [3.05, 3.63) is 17.5 Å². The number of rotatable bonds is 4. The van der Waals surface area contributed by atoms with Crippen molar-refractivity contribution in [2.45, 2.75) is 51.8 Å². The van der Waals surface area contributed by atoms with Crippen LogP contribution < -0.4 is 5.73 Å². The van der Waals surface area contributed by atoms with E-state index in [0.717, 1.165) is 38.1 Å². The van der Waals surface area contributed by atoms with Gasteiger partial charge in [0.25, 0.3) is 0 Å². The van der Waals surface area contributed by atoms with Crippen molar-refractivity contribution in [2.24, 2.45) is 5.73 Å². The molecule has 2 rings (SSSR count). The fraction of sp³-hybridized carbons (Fsp3) is 0.750. The molecule has 2 heterocycles. The molecule has 2 unspecified atom stereocenters. The molecule has 2 N–H and O–H groups in total. The summed E-state index contributed by atoms with van der Waals surface area (Å²) < 4.78 is 7.64. The number of aryl methyl sites for hydroxylation is 2. The van der Waals surface area contributed by atoms with E-state index in [9.17, 15) is 0 Å². The zero-order valence-corrected chi connectivity index (χ0v) is 10.1. The molecule has 0 bridgehead atoms. The molecule has 1 aliphatic rings. The van der Waals surface area contributed by atoms with Crippen molar-refractivity contribution in [1.29, 1.82) is 0 Å². The summed E-state index contributed by atoms with van der Waals surface area (Å²) in [5.41, 5.74) is 8.47. The molecule has 1 aromatic heterocycles. The van der Waals surface area contributed by atoms with Gasteiger partial charge in [0.2, 0.25) is 0 Å². The van der Waals surface area contributed by atoms with Crippen LogP contribution in [0.25, 0.3) is 0 Å². The Bertz CT molecular complexity index is 342. The average Bonchev–Trinajstić information content (AvgIpc) is 2.87. The number of hydrogen-bond donors (Lipinski definition) is 1. The highest BCUT2D eigenvalue weighted by Gasteiger charge is 2.24. The SMILES string of the molecule is CCn1nc(C)cc1CC(N)C1CCCO1. The van der Waals surface area contributed by atoms with E-state index in [1.54, 1.807) is 0 Å². The molecular weight excluding hydrogens is 202 g/mol. The molecule has 0 aliphatic carbocycles. The monoisotopic (exact) mass is 223 g/mol. The summed E-state index contributed by atoms with van der Waals surface area (Å²) in [7, 11) is 0. The van der Waals surface area contributed by atoms with Crippen LogP contribution in [0.2, 0.25) is 0 Å². The Balaban J connectivity index is 2.01. The molecule has 1 aromatic rings. The Morgan fingerprint density at radius 2 is 2.50 bits per heavy atom. The number of nitrogens with two attached hydrogens (primary N) is 1. The first-order valence-corrected chi connectivity index (χ1v) is 6.11. The van der Waals surface area contributed by atoms with Crippen molar-refractivity contribution < 1.29 is 4.74 Å². The van der Waals surface area contributed by atoms with Crippen LogP contribution in [0.4, 0.5) is 0 Å². The first-order chi connectivity index (χ1) is 7.70. The zero-order chi connectivity index (χ0) is 11.5. The fourth-order valence-electron chi connectivity index (χ4n) is 2.35. The lowest BCUT2D eigenvalue weighted by molar-refractivity contribution is 0.0894. The normalized spacial score (nSPS) is 22.6. The first kappa shape index (κ1) is 11.6. The van der Waals surface area contributed by atoms with Gasteiger partial charge in [0.1, 0.15) is 0 Å². The summed E-state index contributed by atoms with van der Waals surface area (Å²) in [6, 6.07) is 2.22. The van der Waals surface area contributed by atoms with Gasteiger partial charge in [-0.3, -0.25) is 4.68 Å². The second kappa shape index (κ2) is 4.97. The van der Waals surface area contributed by atoms with Crippen molar-refractivity contribution in [2.75, 3.05) is 6.61 Å². The van der Waals surface area contributed by atoms with E-state index in [0.29, 0.717) is 0 Å². The van der Waals surface area contributed by atoms with E-state index in [1.165, 1.54) is 5.69 Å². The Morgan fingerprint density at radius 1 is 1.69 bits per heavy atom. The summed E-state index contributed by atoms with van der Waals surface area (Å²) in [5.74, 6) is 0. The van der Waals surface area contributed by atoms with Crippen LogP contribution in [0.1, 0.15) is 31.2 Å². The van der Waals surface area contributed by atoms with E-state index in [4.69, 9.17) is 10.5 Å². The Kier molecular flexibility index (Phi) is 3.61. The molecule has 0 aromatic carbocycles. The van der Waals surface area contributed by atoms with E-state index in [-0.39, 0.29) is 12.1 Å². The van der Waals surface area contributed by atoms with Gasteiger partial charge in [-0.15, -0.1) is 0 Å². The molecule has 0 amide bonds. The molecule has 90 valence electrons. The van der Waals surface area contributed by atoms with Crippen LogP contribution in [0.3, 0.4) is 0 Å². The third-order valence-electron chi connectivity index (χ3n) is 3.17. The summed E-state index contributed by atoms with van der Waals surface area (Å²) in [6.45, 7) is 5.90. The van der Waals surface area contributed by atoms with Gasteiger partial charge < -0.3 is 10.5 Å². The van der Waals surface area contributed by atoms with E-state index in [2.05, 4.69) is 18.1 Å². The van der Waals surface area contributed by atoms with Crippen LogP contribution in [0.15, 0.2) is 6.07 Å². The summed E-state index contributed by atoms with van der Waals surface area (Å²) in [4.78, 5) is 0. The largest absolute Gasteiger partial charge is 0.377 e. The molecule has 0 saturated carbocycles. The molecule has 0 radical (unpaired) electrons. The summed E-state index contributed by atoms with van der Waals surface area (Å²) in [5, 5.41) is 4.43. The number of aromatic nitrogens is 2. The van der Waals surface area contributed by atoms with Crippen molar-refractivity contribution >= 4 is 0 Å². The standard InChI is InChI=1S/C12H21N3O/c1-3-15-10(7-9(2)14-15)8-11(13)12-5-4-6-16-12/h7,11-12H,3-6,8,13H2,1-2H3. The highest BCUT2D eigenvalue weighted by atomic mass is 16.5. The highest BCUT2D eigenvalue weighted by molar-refractivity contribution is 5.11. The van der Waals surface area contributed by atoms with E-state index in [1.807, 2.05) is 11.6 Å². The van der Waals surface area contributed by atoms with Gasteiger partial charge in [0.15, 0.2) is 0 Å². The van der Waals surface area contributed by atoms with E-state index >= 15 is 0 Å². The molecule has 4 nitrogen and oxygen atoms in total. The predicted octanol–water partition coefficient (Wildman–Crippen LogP) is 1.26. The number of nitrogens with zero attached hydrogens (tertiary/aromatic N) is 2. The van der Waals surface area contributed by atoms with Crippen LogP contribution in [0.5, 0.6) is 0 Å². The molecule has 1 fully saturated rings. The van der Waals surface area contributed by atoms with Gasteiger partial charge in [-0.1, -0.05) is 0 Å². The summed E-state index contributed by atoms with van der Waals surface area (Å²) >= 11 is 0. The minimum Gasteiger partial charge on any atom is -0.377 e. The van der Waals surface area contributed by atoms with Gasteiger partial charge in [-0.2, -0.15) is 5.10 Å². The minimum atomic E-state index is 0.101. The Morgan fingerprint density at radius 3 is 3.12 bits per heavy atom. The third-order valence-corrected chi connectivity index (χ3v) is 3.17. The average molecular weight is 223 g/mol. The lowest BCUT2D eigenvalue weighted by Crippen LogP contribution is -2.36. The quantitative estimate of drug-likeness (QED) is 0.836. The summed E-state index contributed by atoms with van der Waals surface area (Å²) in [6.07, 6.45) is 3.34. The maximum Gasteiger partial charge on any atom is 0.0730 e. The zero-order valence-electron chi connectivity index (χ0n) is 10.1. The van der Waals surface area contributed by atoms with Crippen molar-refractivity contribution in [3.8, 4) is 0 Å². The van der Waals surface area contributed by atoms with Crippen LogP contribution in [-0.4, -0.2) is 28.5 Å². The molecular formula is C12H21N3O. The van der Waals surface area contributed by atoms with Gasteiger partial charge in [0, 0.05) is 31.3 Å².